The summed E-state index contributed by atoms with van der Waals surface area (Å²) < 4.78 is 7.35. The van der Waals surface area contributed by atoms with Crippen LogP contribution in [0.1, 0.15) is 12.0 Å². The van der Waals surface area contributed by atoms with Gasteiger partial charge in [-0.15, -0.1) is 0 Å². The lowest BCUT2D eigenvalue weighted by Crippen LogP contribution is -2.44. The number of rotatable bonds is 6. The van der Waals surface area contributed by atoms with Crippen LogP contribution in [0.4, 0.5) is 0 Å². The molecule has 29 heavy (non-hydrogen) atoms. The minimum atomic E-state index is 0.0827. The molecule has 0 radical (unpaired) electrons. The molecule has 1 amide bonds. The van der Waals surface area contributed by atoms with Crippen LogP contribution in [-0.4, -0.2) is 53.4 Å². The van der Waals surface area contributed by atoms with Gasteiger partial charge in [0, 0.05) is 49.9 Å². The van der Waals surface area contributed by atoms with Crippen molar-refractivity contribution in [2.45, 2.75) is 19.0 Å². The molecule has 6 heteroatoms. The lowest BCUT2D eigenvalue weighted by atomic mass is 10.1. The van der Waals surface area contributed by atoms with Crippen molar-refractivity contribution in [2.24, 2.45) is 0 Å². The zero-order valence-electron chi connectivity index (χ0n) is 16.6. The fourth-order valence-electron chi connectivity index (χ4n) is 3.54. The van der Waals surface area contributed by atoms with Crippen LogP contribution in [0.2, 0.25) is 0 Å². The molecular weight excluding hydrogens is 364 g/mol. The number of benzene rings is 2. The summed E-state index contributed by atoms with van der Waals surface area (Å²) in [5.74, 6) is 0.0967. The predicted octanol–water partition coefficient (Wildman–Crippen LogP) is 2.88. The van der Waals surface area contributed by atoms with Crippen molar-refractivity contribution in [1.82, 2.24) is 20.0 Å². The molecule has 1 aliphatic heterocycles. The third-order valence-corrected chi connectivity index (χ3v) is 5.11. The van der Waals surface area contributed by atoms with E-state index >= 15 is 0 Å². The van der Waals surface area contributed by atoms with Gasteiger partial charge >= 0.3 is 0 Å². The summed E-state index contributed by atoms with van der Waals surface area (Å²) in [6.07, 6.45) is 2.45. The number of amides is 1. The quantitative estimate of drug-likeness (QED) is 0.703. The first-order chi connectivity index (χ1) is 14.2. The maximum Gasteiger partial charge on any atom is 0.224 e. The maximum absolute atomic E-state index is 12.7. The van der Waals surface area contributed by atoms with Crippen molar-refractivity contribution in [1.29, 1.82) is 0 Å². The number of aromatic nitrogens is 2. The highest BCUT2D eigenvalue weighted by Gasteiger charge is 2.21. The Morgan fingerprint density at radius 1 is 1.17 bits per heavy atom. The molecule has 2 heterocycles. The molecule has 1 aromatic heterocycles. The Morgan fingerprint density at radius 2 is 1.90 bits per heavy atom. The summed E-state index contributed by atoms with van der Waals surface area (Å²) in [6.45, 7) is 2.59. The molecule has 6 nitrogen and oxygen atoms in total. The largest absolute Gasteiger partial charge is 0.378 e. The number of ether oxygens (including phenoxy) is 1. The van der Waals surface area contributed by atoms with Crippen LogP contribution in [0, 0.1) is 0 Å². The van der Waals surface area contributed by atoms with E-state index in [9.17, 15) is 4.79 Å². The molecule has 1 atom stereocenters. The third kappa shape index (κ3) is 4.72. The number of para-hydroxylation sites is 1. The van der Waals surface area contributed by atoms with Crippen LogP contribution in [0.15, 0.2) is 66.9 Å². The van der Waals surface area contributed by atoms with Gasteiger partial charge in [0.2, 0.25) is 5.91 Å². The first kappa shape index (κ1) is 19.4. The van der Waals surface area contributed by atoms with Crippen LogP contribution >= 0.6 is 0 Å². The monoisotopic (exact) mass is 390 g/mol. The average molecular weight is 390 g/mol. The Bertz CT molecular complexity index is 934. The van der Waals surface area contributed by atoms with Crippen molar-refractivity contribution in [3.05, 3.63) is 72.4 Å². The van der Waals surface area contributed by atoms with E-state index in [-0.39, 0.29) is 11.9 Å². The predicted molar refractivity (Wildman–Crippen MR) is 113 cm³/mol. The molecule has 0 spiro atoms. The molecule has 1 N–H and O–H groups in total. The Labute approximate surface area is 171 Å². The van der Waals surface area contributed by atoms with E-state index in [1.807, 2.05) is 78.6 Å². The molecule has 3 aromatic rings. The SMILES string of the molecule is CN(Cc1cn(-c2ccccc2)nc1-c1ccccc1)C(=O)CC1COCCN1. The Hall–Kier alpha value is -2.96. The molecule has 1 saturated heterocycles. The van der Waals surface area contributed by atoms with Crippen LogP contribution in [0.25, 0.3) is 16.9 Å². The molecule has 2 aromatic carbocycles. The second-order valence-corrected chi connectivity index (χ2v) is 7.33. The maximum atomic E-state index is 12.7. The Morgan fingerprint density at radius 3 is 2.59 bits per heavy atom. The van der Waals surface area contributed by atoms with Crippen LogP contribution in [0.3, 0.4) is 0 Å². The second kappa shape index (κ2) is 9.03. The average Bonchev–Trinajstić information content (AvgIpc) is 3.19. The minimum absolute atomic E-state index is 0.0827. The number of morpholine rings is 1. The molecule has 4 rings (SSSR count). The number of carbonyl (C=O) groups is 1. The molecule has 0 bridgehead atoms. The lowest BCUT2D eigenvalue weighted by Gasteiger charge is -2.25. The zero-order chi connectivity index (χ0) is 20.1. The van der Waals surface area contributed by atoms with Crippen molar-refractivity contribution in [2.75, 3.05) is 26.8 Å². The van der Waals surface area contributed by atoms with E-state index in [1.54, 1.807) is 4.90 Å². The van der Waals surface area contributed by atoms with Gasteiger partial charge in [0.1, 0.15) is 0 Å². The number of hydrogen-bond acceptors (Lipinski definition) is 4. The normalized spacial score (nSPS) is 16.5. The van der Waals surface area contributed by atoms with E-state index in [2.05, 4.69) is 5.32 Å². The van der Waals surface area contributed by atoms with Gasteiger partial charge < -0.3 is 15.0 Å². The summed E-state index contributed by atoms with van der Waals surface area (Å²) >= 11 is 0. The molecule has 0 aliphatic carbocycles. The molecule has 1 unspecified atom stereocenters. The van der Waals surface area contributed by atoms with Gasteiger partial charge in [-0.2, -0.15) is 5.10 Å². The van der Waals surface area contributed by atoms with E-state index in [0.717, 1.165) is 29.1 Å². The number of nitrogens with one attached hydrogen (secondary N) is 1. The first-order valence-corrected chi connectivity index (χ1v) is 9.95. The standard InChI is InChI=1S/C23H26N4O2/c1-26(22(28)14-20-17-29-13-12-24-20)15-19-16-27(21-10-6-3-7-11-21)25-23(19)18-8-4-2-5-9-18/h2-11,16,20,24H,12-15,17H2,1H3. The highest BCUT2D eigenvalue weighted by Crippen LogP contribution is 2.25. The van der Waals surface area contributed by atoms with Crippen LogP contribution in [0.5, 0.6) is 0 Å². The second-order valence-electron chi connectivity index (χ2n) is 7.33. The number of hydrogen-bond donors (Lipinski definition) is 1. The van der Waals surface area contributed by atoms with Crippen LogP contribution < -0.4 is 5.32 Å². The van der Waals surface area contributed by atoms with Crippen molar-refractivity contribution in [3.63, 3.8) is 0 Å². The fourth-order valence-corrected chi connectivity index (χ4v) is 3.54. The third-order valence-electron chi connectivity index (χ3n) is 5.11. The number of nitrogens with zero attached hydrogens (tertiary/aromatic N) is 3. The topological polar surface area (TPSA) is 59.4 Å². The van der Waals surface area contributed by atoms with Crippen LogP contribution in [-0.2, 0) is 16.1 Å². The summed E-state index contributed by atoms with van der Waals surface area (Å²) in [7, 11) is 1.85. The smallest absolute Gasteiger partial charge is 0.224 e. The summed E-state index contributed by atoms with van der Waals surface area (Å²) in [5.41, 5.74) is 3.95. The van der Waals surface area contributed by atoms with Gasteiger partial charge in [0.15, 0.2) is 0 Å². The lowest BCUT2D eigenvalue weighted by molar-refractivity contribution is -0.131. The van der Waals surface area contributed by atoms with E-state index in [0.29, 0.717) is 26.2 Å². The first-order valence-electron chi connectivity index (χ1n) is 9.95. The van der Waals surface area contributed by atoms with Crippen molar-refractivity contribution in [3.8, 4) is 16.9 Å². The summed E-state index contributed by atoms with van der Waals surface area (Å²) in [4.78, 5) is 14.5. The van der Waals surface area contributed by atoms with Gasteiger partial charge in [-0.1, -0.05) is 48.5 Å². The molecule has 0 saturated carbocycles. The van der Waals surface area contributed by atoms with E-state index in [1.165, 1.54) is 0 Å². The van der Waals surface area contributed by atoms with Gasteiger partial charge in [-0.05, 0) is 12.1 Å². The zero-order valence-corrected chi connectivity index (χ0v) is 16.6. The Balaban J connectivity index is 1.56. The fraction of sp³-hybridized carbons (Fsp3) is 0.304. The summed E-state index contributed by atoms with van der Waals surface area (Å²) in [6, 6.07) is 20.2. The minimum Gasteiger partial charge on any atom is -0.378 e. The van der Waals surface area contributed by atoms with Crippen molar-refractivity contribution < 1.29 is 9.53 Å². The highest BCUT2D eigenvalue weighted by atomic mass is 16.5. The molecule has 1 aliphatic rings. The number of carbonyl (C=O) groups excluding carboxylic acids is 1. The molecule has 1 fully saturated rings. The van der Waals surface area contributed by atoms with Crippen molar-refractivity contribution >= 4 is 5.91 Å². The Kier molecular flexibility index (Phi) is 6.03. The van der Waals surface area contributed by atoms with Gasteiger partial charge in [0.25, 0.3) is 0 Å². The van der Waals surface area contributed by atoms with E-state index < -0.39 is 0 Å². The summed E-state index contributed by atoms with van der Waals surface area (Å²) in [5, 5.41) is 8.17. The highest BCUT2D eigenvalue weighted by molar-refractivity contribution is 5.77. The molecule has 150 valence electrons. The molecular formula is C23H26N4O2. The van der Waals surface area contributed by atoms with Gasteiger partial charge in [0.05, 0.1) is 24.6 Å². The van der Waals surface area contributed by atoms with Gasteiger partial charge in [-0.25, -0.2) is 4.68 Å². The van der Waals surface area contributed by atoms with Gasteiger partial charge in [-0.3, -0.25) is 4.79 Å². The van der Waals surface area contributed by atoms with E-state index in [4.69, 9.17) is 9.84 Å².